The van der Waals surface area contributed by atoms with Gasteiger partial charge < -0.3 is 18.6 Å². The summed E-state index contributed by atoms with van der Waals surface area (Å²) < 4.78 is 45.4. The zero-order chi connectivity index (χ0) is 33.3. The van der Waals surface area contributed by atoms with Crippen molar-refractivity contribution in [2.75, 3.05) is 6.61 Å². The predicted molar refractivity (Wildman–Crippen MR) is 201 cm³/mol. The van der Waals surface area contributed by atoms with E-state index in [1.54, 1.807) is 24.3 Å². The Kier molecular flexibility index (Phi) is 9.12. The van der Waals surface area contributed by atoms with Crippen LogP contribution in [0.3, 0.4) is 0 Å². The fraction of sp³-hybridized carbons (Fsp3) is 0.100. The van der Waals surface area contributed by atoms with Crippen LogP contribution in [0.25, 0.3) is 11.1 Å². The van der Waals surface area contributed by atoms with Gasteiger partial charge in [0.2, 0.25) is 0 Å². The summed E-state index contributed by atoms with van der Waals surface area (Å²) in [6, 6.07) is 44.7. The number of ether oxygens (including phenoxy) is 2. The molecule has 0 bridgehead atoms. The third-order valence-corrected chi connectivity index (χ3v) is 15.5. The summed E-state index contributed by atoms with van der Waals surface area (Å²) in [6.45, 7) is 2.23. The molecule has 8 heteroatoms. The van der Waals surface area contributed by atoms with Crippen LogP contribution in [0.1, 0.15) is 13.3 Å². The largest absolute Gasteiger partial charge is 0.491 e. The number of fused-ring (bicyclic) bond motifs is 3. The van der Waals surface area contributed by atoms with Crippen molar-refractivity contribution in [1.82, 2.24) is 0 Å². The molecular formula is C40H32Cl2O4P2. The Morgan fingerprint density at radius 3 is 1.27 bits per heavy atom. The minimum Gasteiger partial charge on any atom is -0.491 e. The second-order valence-corrected chi connectivity index (χ2v) is 17.9. The Labute approximate surface area is 291 Å². The number of hydrogen-bond donors (Lipinski definition) is 0. The third kappa shape index (κ3) is 5.62. The quantitative estimate of drug-likeness (QED) is 0.163. The maximum atomic E-state index is 16.1. The van der Waals surface area contributed by atoms with Crippen LogP contribution < -0.4 is 41.3 Å². The highest BCUT2D eigenvalue weighted by atomic mass is 35.5. The molecule has 4 nitrogen and oxygen atoms in total. The Bertz CT molecular complexity index is 2090. The van der Waals surface area contributed by atoms with E-state index in [2.05, 4.69) is 0 Å². The molecule has 6 aromatic carbocycles. The number of rotatable bonds is 6. The molecule has 0 unspecified atom stereocenters. The number of benzene rings is 6. The van der Waals surface area contributed by atoms with Crippen molar-refractivity contribution in [1.29, 1.82) is 0 Å². The first-order valence-corrected chi connectivity index (χ1v) is 19.9. The van der Waals surface area contributed by atoms with E-state index in [4.69, 9.17) is 32.7 Å². The summed E-state index contributed by atoms with van der Waals surface area (Å²) >= 11 is 14.1. The first kappa shape index (κ1) is 32.5. The summed E-state index contributed by atoms with van der Waals surface area (Å²) in [5.41, 5.74) is 0.902. The van der Waals surface area contributed by atoms with Gasteiger partial charge in [0, 0.05) is 49.4 Å². The Balaban J connectivity index is 1.68. The van der Waals surface area contributed by atoms with E-state index in [1.807, 2.05) is 128 Å². The molecule has 0 radical (unpaired) electrons. The molecule has 1 aliphatic rings. The monoisotopic (exact) mass is 708 g/mol. The molecule has 0 aliphatic carbocycles. The molecule has 1 heterocycles. The van der Waals surface area contributed by atoms with E-state index in [0.29, 0.717) is 70.9 Å². The van der Waals surface area contributed by atoms with Gasteiger partial charge in [0.15, 0.2) is 14.3 Å². The topological polar surface area (TPSA) is 52.6 Å². The molecule has 48 heavy (non-hydrogen) atoms. The average molecular weight is 710 g/mol. The van der Waals surface area contributed by atoms with Crippen LogP contribution in [0, 0.1) is 0 Å². The van der Waals surface area contributed by atoms with Crippen molar-refractivity contribution in [3.63, 3.8) is 0 Å². The highest BCUT2D eigenvalue weighted by molar-refractivity contribution is 7.86. The number of halogens is 2. The van der Waals surface area contributed by atoms with Gasteiger partial charge in [0.1, 0.15) is 11.5 Å². The van der Waals surface area contributed by atoms with Crippen molar-refractivity contribution in [2.45, 2.75) is 19.4 Å². The molecule has 0 aromatic heterocycles. The van der Waals surface area contributed by atoms with Gasteiger partial charge in [-0.2, -0.15) is 0 Å². The normalized spacial score (nSPS) is 14.7. The van der Waals surface area contributed by atoms with Crippen molar-refractivity contribution in [3.8, 4) is 22.6 Å². The van der Waals surface area contributed by atoms with Gasteiger partial charge in [-0.15, -0.1) is 0 Å². The molecule has 1 aliphatic heterocycles. The fourth-order valence-electron chi connectivity index (χ4n) is 6.35. The molecule has 0 fully saturated rings. The lowest BCUT2D eigenvalue weighted by molar-refractivity contribution is 0.181. The van der Waals surface area contributed by atoms with Crippen LogP contribution in [-0.2, 0) is 9.13 Å². The molecule has 6 aromatic rings. The summed E-state index contributed by atoms with van der Waals surface area (Å²) in [6.07, 6.45) is 0.222. The smallest absolute Gasteiger partial charge is 0.171 e. The molecule has 1 atom stereocenters. The van der Waals surface area contributed by atoms with E-state index >= 15 is 9.13 Å². The van der Waals surface area contributed by atoms with E-state index in [9.17, 15) is 0 Å². The van der Waals surface area contributed by atoms with E-state index < -0.39 is 14.3 Å². The molecule has 0 saturated carbocycles. The van der Waals surface area contributed by atoms with Gasteiger partial charge in [0.05, 0.1) is 22.8 Å². The Hall–Kier alpha value is -4.04. The zero-order valence-corrected chi connectivity index (χ0v) is 29.4. The van der Waals surface area contributed by atoms with Gasteiger partial charge in [0.25, 0.3) is 0 Å². The Morgan fingerprint density at radius 1 is 0.521 bits per heavy atom. The second kappa shape index (κ2) is 13.5. The predicted octanol–water partition coefficient (Wildman–Crippen LogP) is 8.49. The molecule has 0 amide bonds. The van der Waals surface area contributed by atoms with Crippen LogP contribution in [0.2, 0.25) is 10.0 Å². The van der Waals surface area contributed by atoms with Gasteiger partial charge in [-0.1, -0.05) is 145 Å². The van der Waals surface area contributed by atoms with Gasteiger partial charge >= 0.3 is 0 Å². The van der Waals surface area contributed by atoms with Crippen molar-refractivity contribution >= 4 is 69.3 Å². The molecule has 0 saturated heterocycles. The first-order valence-electron chi connectivity index (χ1n) is 15.7. The molecule has 0 spiro atoms. The van der Waals surface area contributed by atoms with E-state index in [-0.39, 0.29) is 12.7 Å². The lowest BCUT2D eigenvalue weighted by Crippen LogP contribution is -2.30. The maximum Gasteiger partial charge on any atom is 0.171 e. The zero-order valence-electron chi connectivity index (χ0n) is 26.1. The van der Waals surface area contributed by atoms with Crippen LogP contribution in [-0.4, -0.2) is 12.7 Å². The molecule has 240 valence electrons. The minimum absolute atomic E-state index is 0.286. The molecule has 0 N–H and O–H groups in total. The van der Waals surface area contributed by atoms with E-state index in [0.717, 1.165) is 0 Å². The van der Waals surface area contributed by atoms with Gasteiger partial charge in [-0.05, 0) is 31.2 Å². The minimum atomic E-state index is -3.64. The van der Waals surface area contributed by atoms with E-state index in [1.165, 1.54) is 0 Å². The van der Waals surface area contributed by atoms with Crippen LogP contribution in [0.4, 0.5) is 0 Å². The van der Waals surface area contributed by atoms with Crippen molar-refractivity contribution in [2.24, 2.45) is 0 Å². The number of hydrogen-bond acceptors (Lipinski definition) is 4. The fourth-order valence-corrected chi connectivity index (χ4v) is 12.5. The van der Waals surface area contributed by atoms with Crippen LogP contribution >= 0.6 is 37.5 Å². The van der Waals surface area contributed by atoms with Crippen LogP contribution in [0.15, 0.2) is 146 Å². The SMILES string of the molecule is C[C@H]1CCOc2c(Cl)ccc(P(=O)(c3ccccc3)c3ccccc3)c2-c2c(P(=O)(c3ccccc3)c3ccccc3)ccc(Cl)c2O1. The first-order chi connectivity index (χ1) is 23.3. The van der Waals surface area contributed by atoms with Crippen LogP contribution in [0.5, 0.6) is 11.5 Å². The van der Waals surface area contributed by atoms with Gasteiger partial charge in [-0.3, -0.25) is 0 Å². The Morgan fingerprint density at radius 2 is 0.875 bits per heavy atom. The lowest BCUT2D eigenvalue weighted by atomic mass is 10.0. The molecular weight excluding hydrogens is 677 g/mol. The summed E-state index contributed by atoms with van der Waals surface area (Å²) in [7, 11) is -7.27. The third-order valence-electron chi connectivity index (χ3n) is 8.67. The lowest BCUT2D eigenvalue weighted by Gasteiger charge is -2.29. The van der Waals surface area contributed by atoms with Crippen molar-refractivity contribution in [3.05, 3.63) is 156 Å². The summed E-state index contributed by atoms with van der Waals surface area (Å²) in [5, 5.41) is 4.17. The molecule has 7 rings (SSSR count). The highest BCUT2D eigenvalue weighted by Crippen LogP contribution is 2.55. The summed E-state index contributed by atoms with van der Waals surface area (Å²) in [4.78, 5) is 0. The van der Waals surface area contributed by atoms with Gasteiger partial charge in [-0.25, -0.2) is 0 Å². The average Bonchev–Trinajstić information content (AvgIpc) is 3.21. The summed E-state index contributed by atoms with van der Waals surface area (Å²) in [5.74, 6) is 0.688. The second-order valence-electron chi connectivity index (χ2n) is 11.7. The highest BCUT2D eigenvalue weighted by Gasteiger charge is 2.41. The standard InChI is InChI=1S/C40H32Cl2O4P2/c1-28-26-27-45-39-33(41)22-24-35(47(43,29-14-6-2-7-15-29)30-16-8-3-9-17-30)37(39)38-36(25-23-34(42)40(38)46-28)48(44,31-18-10-4-11-19-31)32-20-12-5-13-21-32/h2-25,28H,26-27H2,1H3/t28-/m0/s1. The van der Waals surface area contributed by atoms with Crippen molar-refractivity contribution < 1.29 is 18.6 Å². The maximum absolute atomic E-state index is 16.1.